The van der Waals surface area contributed by atoms with Crippen LogP contribution in [0.5, 0.6) is 0 Å². The van der Waals surface area contributed by atoms with Gasteiger partial charge in [0.25, 0.3) is 5.56 Å². The van der Waals surface area contributed by atoms with Crippen LogP contribution in [0.4, 0.5) is 11.6 Å². The normalized spacial score (nSPS) is 18.6. The van der Waals surface area contributed by atoms with Crippen molar-refractivity contribution >= 4 is 29.3 Å². The standard InChI is InChI=1S/C18H22N6O2S/c1-11-12(2)21-18-24(17(11)26)13(9-27-18)7-16(25)22-14-8-15(20-10-19-14)23-5-3-4-6-23/h8,10,13H,3-7,9H2,1-2H3,(H,19,20,22,25). The van der Waals surface area contributed by atoms with E-state index in [1.54, 1.807) is 11.5 Å². The summed E-state index contributed by atoms with van der Waals surface area (Å²) in [6, 6.07) is 1.62. The molecule has 8 nitrogen and oxygen atoms in total. The summed E-state index contributed by atoms with van der Waals surface area (Å²) < 4.78 is 1.65. The summed E-state index contributed by atoms with van der Waals surface area (Å²) in [7, 11) is 0. The van der Waals surface area contributed by atoms with E-state index in [1.807, 2.05) is 13.0 Å². The largest absolute Gasteiger partial charge is 0.356 e. The minimum absolute atomic E-state index is 0.0568. The molecule has 142 valence electrons. The van der Waals surface area contributed by atoms with E-state index in [4.69, 9.17) is 0 Å². The number of fused-ring (bicyclic) bond motifs is 1. The van der Waals surface area contributed by atoms with Crippen LogP contribution in [0.15, 0.2) is 22.3 Å². The summed E-state index contributed by atoms with van der Waals surface area (Å²) in [6.45, 7) is 5.58. The van der Waals surface area contributed by atoms with Crippen LogP contribution < -0.4 is 15.8 Å². The van der Waals surface area contributed by atoms with Gasteiger partial charge in [-0.2, -0.15) is 0 Å². The third-order valence-corrected chi connectivity index (χ3v) is 6.19. The van der Waals surface area contributed by atoms with E-state index in [-0.39, 0.29) is 23.9 Å². The van der Waals surface area contributed by atoms with E-state index >= 15 is 0 Å². The van der Waals surface area contributed by atoms with Gasteiger partial charge in [0, 0.05) is 42.6 Å². The van der Waals surface area contributed by atoms with Gasteiger partial charge in [-0.15, -0.1) is 0 Å². The molecule has 9 heteroatoms. The molecule has 2 aromatic heterocycles. The number of anilines is 2. The second-order valence-electron chi connectivity index (χ2n) is 6.95. The lowest BCUT2D eigenvalue weighted by atomic mass is 10.2. The molecule has 1 atom stereocenters. The van der Waals surface area contributed by atoms with Crippen LogP contribution in [-0.2, 0) is 4.79 Å². The van der Waals surface area contributed by atoms with Crippen molar-refractivity contribution in [2.45, 2.75) is 44.3 Å². The smallest absolute Gasteiger partial charge is 0.257 e. The minimum atomic E-state index is -0.191. The van der Waals surface area contributed by atoms with E-state index < -0.39 is 0 Å². The molecule has 0 radical (unpaired) electrons. The molecule has 2 aromatic rings. The molecule has 4 heterocycles. The maximum absolute atomic E-state index is 12.6. The quantitative estimate of drug-likeness (QED) is 0.803. The highest BCUT2D eigenvalue weighted by atomic mass is 32.2. The SMILES string of the molecule is Cc1nc2n(c(=O)c1C)C(CC(=O)Nc1cc(N3CCCC3)ncn1)CS2. The van der Waals surface area contributed by atoms with Gasteiger partial charge in [-0.25, -0.2) is 15.0 Å². The fourth-order valence-electron chi connectivity index (χ4n) is 3.47. The molecule has 1 saturated heterocycles. The summed E-state index contributed by atoms with van der Waals surface area (Å²) in [6.07, 6.45) is 4.01. The first-order valence-electron chi connectivity index (χ1n) is 9.12. The molecular formula is C18H22N6O2S. The van der Waals surface area contributed by atoms with Crippen molar-refractivity contribution < 1.29 is 4.79 Å². The van der Waals surface area contributed by atoms with Crippen LogP contribution in [0, 0.1) is 13.8 Å². The molecule has 1 amide bonds. The topological polar surface area (TPSA) is 93.0 Å². The first kappa shape index (κ1) is 18.0. The Hall–Kier alpha value is -2.42. The number of hydrogen-bond donors (Lipinski definition) is 1. The Kier molecular flexibility index (Phi) is 4.86. The van der Waals surface area contributed by atoms with Gasteiger partial charge in [0.1, 0.15) is 18.0 Å². The first-order chi connectivity index (χ1) is 13.0. The summed E-state index contributed by atoms with van der Waals surface area (Å²) in [5.74, 6) is 1.84. The second kappa shape index (κ2) is 7.30. The molecule has 27 heavy (non-hydrogen) atoms. The lowest BCUT2D eigenvalue weighted by Crippen LogP contribution is -2.29. The van der Waals surface area contributed by atoms with Crippen LogP contribution in [-0.4, -0.2) is 44.3 Å². The average molecular weight is 386 g/mol. The zero-order valence-corrected chi connectivity index (χ0v) is 16.3. The predicted octanol–water partition coefficient (Wildman–Crippen LogP) is 1.93. The average Bonchev–Trinajstić information content (AvgIpc) is 3.30. The Labute approximate surface area is 161 Å². The number of nitrogens with zero attached hydrogens (tertiary/aromatic N) is 5. The van der Waals surface area contributed by atoms with Crippen LogP contribution in [0.1, 0.15) is 36.6 Å². The van der Waals surface area contributed by atoms with Gasteiger partial charge in [0.05, 0.1) is 6.04 Å². The number of aromatic nitrogens is 4. The Morgan fingerprint density at radius 1 is 1.30 bits per heavy atom. The van der Waals surface area contributed by atoms with Crippen molar-refractivity contribution in [3.63, 3.8) is 0 Å². The molecular weight excluding hydrogens is 364 g/mol. The van der Waals surface area contributed by atoms with E-state index in [2.05, 4.69) is 25.2 Å². The number of nitrogens with one attached hydrogen (secondary N) is 1. The molecule has 2 aliphatic rings. The third kappa shape index (κ3) is 3.55. The maximum atomic E-state index is 12.6. The van der Waals surface area contributed by atoms with E-state index in [9.17, 15) is 9.59 Å². The number of hydrogen-bond acceptors (Lipinski definition) is 7. The molecule has 0 aliphatic carbocycles. The van der Waals surface area contributed by atoms with Crippen LogP contribution in [0.25, 0.3) is 0 Å². The number of rotatable bonds is 4. The number of carbonyl (C=O) groups is 1. The first-order valence-corrected chi connectivity index (χ1v) is 10.1. The van der Waals surface area contributed by atoms with E-state index in [1.165, 1.54) is 18.1 Å². The molecule has 1 fully saturated rings. The van der Waals surface area contributed by atoms with Crippen molar-refractivity contribution in [3.05, 3.63) is 34.0 Å². The molecule has 0 bridgehead atoms. The summed E-state index contributed by atoms with van der Waals surface area (Å²) in [5.41, 5.74) is 1.33. The van der Waals surface area contributed by atoms with Crippen LogP contribution in [0.3, 0.4) is 0 Å². The molecule has 1 N–H and O–H groups in total. The van der Waals surface area contributed by atoms with Crippen molar-refractivity contribution in [1.82, 2.24) is 19.5 Å². The fraction of sp³-hybridized carbons (Fsp3) is 0.500. The monoisotopic (exact) mass is 386 g/mol. The van der Waals surface area contributed by atoms with Crippen LogP contribution >= 0.6 is 11.8 Å². The summed E-state index contributed by atoms with van der Waals surface area (Å²) in [5, 5.41) is 3.54. The third-order valence-electron chi connectivity index (χ3n) is 5.09. The van der Waals surface area contributed by atoms with Gasteiger partial charge in [-0.1, -0.05) is 11.8 Å². The van der Waals surface area contributed by atoms with Gasteiger partial charge in [-0.3, -0.25) is 14.2 Å². The van der Waals surface area contributed by atoms with Gasteiger partial charge in [0.15, 0.2) is 5.16 Å². The second-order valence-corrected chi connectivity index (χ2v) is 7.94. The van der Waals surface area contributed by atoms with Crippen LogP contribution in [0.2, 0.25) is 0 Å². The van der Waals surface area contributed by atoms with Gasteiger partial charge >= 0.3 is 0 Å². The highest BCUT2D eigenvalue weighted by molar-refractivity contribution is 7.99. The van der Waals surface area contributed by atoms with Crippen molar-refractivity contribution in [2.75, 3.05) is 29.1 Å². The van der Waals surface area contributed by atoms with E-state index in [0.717, 1.165) is 37.4 Å². The molecule has 0 aromatic carbocycles. The fourth-order valence-corrected chi connectivity index (χ4v) is 4.65. The van der Waals surface area contributed by atoms with Gasteiger partial charge in [0.2, 0.25) is 5.91 Å². The van der Waals surface area contributed by atoms with Crippen molar-refractivity contribution in [3.8, 4) is 0 Å². The van der Waals surface area contributed by atoms with Gasteiger partial charge < -0.3 is 10.2 Å². The van der Waals surface area contributed by atoms with Crippen molar-refractivity contribution in [2.24, 2.45) is 0 Å². The summed E-state index contributed by atoms with van der Waals surface area (Å²) >= 11 is 1.52. The number of carbonyl (C=O) groups excluding carboxylic acids is 1. The Bertz CT molecular complexity index is 938. The highest BCUT2D eigenvalue weighted by Crippen LogP contribution is 2.32. The lowest BCUT2D eigenvalue weighted by molar-refractivity contribution is -0.116. The maximum Gasteiger partial charge on any atom is 0.257 e. The molecule has 0 saturated carbocycles. The Morgan fingerprint density at radius 3 is 2.85 bits per heavy atom. The zero-order valence-electron chi connectivity index (χ0n) is 15.4. The predicted molar refractivity (Wildman–Crippen MR) is 104 cm³/mol. The van der Waals surface area contributed by atoms with Gasteiger partial charge in [-0.05, 0) is 26.7 Å². The number of aryl methyl sites for hydroxylation is 1. The van der Waals surface area contributed by atoms with E-state index in [0.29, 0.717) is 22.3 Å². The minimum Gasteiger partial charge on any atom is -0.356 e. The number of amides is 1. The summed E-state index contributed by atoms with van der Waals surface area (Å²) in [4.78, 5) is 40.2. The zero-order chi connectivity index (χ0) is 19.0. The lowest BCUT2D eigenvalue weighted by Gasteiger charge is -2.17. The Balaban J connectivity index is 1.47. The molecule has 2 aliphatic heterocycles. The molecule has 0 spiro atoms. The Morgan fingerprint density at radius 2 is 2.07 bits per heavy atom. The molecule has 4 rings (SSSR count). The van der Waals surface area contributed by atoms with Crippen molar-refractivity contribution in [1.29, 1.82) is 0 Å². The molecule has 1 unspecified atom stereocenters. The number of thioether (sulfide) groups is 1. The highest BCUT2D eigenvalue weighted by Gasteiger charge is 2.28.